The normalized spacial score (nSPS) is 19.9. The van der Waals surface area contributed by atoms with Gasteiger partial charge in [-0.3, -0.25) is 4.68 Å². The molecular weight excluding hydrogens is 250 g/mol. The maximum Gasteiger partial charge on any atom is 0.0725 e. The molecule has 1 saturated carbocycles. The average Bonchev–Trinajstić information content (AvgIpc) is 2.94. The highest BCUT2D eigenvalue weighted by Crippen LogP contribution is 2.27. The van der Waals surface area contributed by atoms with Gasteiger partial charge in [0.05, 0.1) is 17.8 Å². The summed E-state index contributed by atoms with van der Waals surface area (Å²) in [5, 5.41) is 4.73. The maximum atomic E-state index is 6.26. The van der Waals surface area contributed by atoms with Crippen LogP contribution in [0.4, 0.5) is 0 Å². The molecule has 1 aliphatic rings. The Bertz CT molecular complexity index is 385. The maximum absolute atomic E-state index is 6.26. The van der Waals surface area contributed by atoms with Gasteiger partial charge in [-0.1, -0.05) is 32.6 Å². The van der Waals surface area contributed by atoms with Gasteiger partial charge in [0.15, 0.2) is 0 Å². The highest BCUT2D eigenvalue weighted by molar-refractivity contribution is 5.03. The molecule has 1 aliphatic carbocycles. The number of rotatable bonds is 7. The Morgan fingerprint density at radius 1 is 1.40 bits per heavy atom. The number of nitrogens with zero attached hydrogens (tertiary/aromatic N) is 2. The molecule has 0 bridgehead atoms. The molecule has 2 unspecified atom stereocenters. The van der Waals surface area contributed by atoms with E-state index in [0.717, 1.165) is 25.0 Å². The van der Waals surface area contributed by atoms with Crippen molar-refractivity contribution in [3.8, 4) is 0 Å². The first-order valence-corrected chi connectivity index (χ1v) is 8.07. The van der Waals surface area contributed by atoms with Crippen LogP contribution in [0.1, 0.15) is 63.6 Å². The van der Waals surface area contributed by atoms with Gasteiger partial charge in [0, 0.05) is 25.8 Å². The second kappa shape index (κ2) is 7.79. The van der Waals surface area contributed by atoms with Gasteiger partial charge in [-0.05, 0) is 25.3 Å². The minimum absolute atomic E-state index is 0.0367. The summed E-state index contributed by atoms with van der Waals surface area (Å²) in [5.74, 6) is 0. The third-order valence-corrected chi connectivity index (χ3v) is 4.41. The lowest BCUT2D eigenvalue weighted by Crippen LogP contribution is -2.38. The molecule has 0 aromatic carbocycles. The van der Waals surface area contributed by atoms with E-state index in [0.29, 0.717) is 6.04 Å². The molecule has 0 spiro atoms. The van der Waals surface area contributed by atoms with E-state index in [1.165, 1.54) is 32.1 Å². The quantitative estimate of drug-likeness (QED) is 0.834. The van der Waals surface area contributed by atoms with Crippen LogP contribution in [-0.4, -0.2) is 29.0 Å². The molecule has 20 heavy (non-hydrogen) atoms. The molecule has 0 aliphatic heterocycles. The van der Waals surface area contributed by atoms with Gasteiger partial charge in [0.1, 0.15) is 0 Å². The number of hydrogen-bond acceptors (Lipinski definition) is 3. The smallest absolute Gasteiger partial charge is 0.0725 e. The van der Waals surface area contributed by atoms with Gasteiger partial charge in [0.2, 0.25) is 0 Å². The van der Waals surface area contributed by atoms with Crippen molar-refractivity contribution in [1.29, 1.82) is 0 Å². The molecule has 0 radical (unpaired) electrons. The summed E-state index contributed by atoms with van der Waals surface area (Å²) in [6, 6.07) is 2.75. The number of nitrogens with two attached hydrogens (primary N) is 1. The predicted octanol–water partition coefficient (Wildman–Crippen LogP) is 3.07. The van der Waals surface area contributed by atoms with Crippen molar-refractivity contribution in [2.75, 3.05) is 7.11 Å². The summed E-state index contributed by atoms with van der Waals surface area (Å²) in [7, 11) is 1.75. The van der Waals surface area contributed by atoms with Crippen LogP contribution in [0.15, 0.2) is 12.3 Å². The van der Waals surface area contributed by atoms with Gasteiger partial charge in [-0.15, -0.1) is 0 Å². The Morgan fingerprint density at radius 3 is 2.80 bits per heavy atom. The Morgan fingerprint density at radius 2 is 2.15 bits per heavy atom. The van der Waals surface area contributed by atoms with Gasteiger partial charge in [0.25, 0.3) is 0 Å². The Hall–Kier alpha value is -0.870. The van der Waals surface area contributed by atoms with Crippen molar-refractivity contribution in [1.82, 2.24) is 9.78 Å². The van der Waals surface area contributed by atoms with Crippen molar-refractivity contribution in [3.05, 3.63) is 18.0 Å². The fraction of sp³-hybridized carbons (Fsp3) is 0.812. The van der Waals surface area contributed by atoms with Gasteiger partial charge in [-0.25, -0.2) is 0 Å². The van der Waals surface area contributed by atoms with Crippen molar-refractivity contribution in [3.63, 3.8) is 0 Å². The van der Waals surface area contributed by atoms with Crippen LogP contribution in [0.3, 0.4) is 0 Å². The molecule has 4 heteroatoms. The zero-order valence-corrected chi connectivity index (χ0v) is 12.9. The first-order chi connectivity index (χ1) is 9.74. The van der Waals surface area contributed by atoms with E-state index in [-0.39, 0.29) is 12.1 Å². The number of hydrogen-bond donors (Lipinski definition) is 1. The highest BCUT2D eigenvalue weighted by Gasteiger charge is 2.20. The fourth-order valence-corrected chi connectivity index (χ4v) is 3.20. The molecular formula is C16H29N3O. The summed E-state index contributed by atoms with van der Waals surface area (Å²) in [5.41, 5.74) is 7.36. The van der Waals surface area contributed by atoms with Crippen LogP contribution >= 0.6 is 0 Å². The predicted molar refractivity (Wildman–Crippen MR) is 81.7 cm³/mol. The summed E-state index contributed by atoms with van der Waals surface area (Å²) in [6.07, 6.45) is 11.8. The third-order valence-electron chi connectivity index (χ3n) is 4.41. The number of methoxy groups -OCH3 is 1. The standard InChI is InChI=1S/C16H29N3O/c1-3-7-16(20-2)15(17)12-13-10-11-19(18-13)14-8-5-4-6-9-14/h10-11,14-16H,3-9,12,17H2,1-2H3. The molecule has 114 valence electrons. The summed E-state index contributed by atoms with van der Waals surface area (Å²) in [4.78, 5) is 0. The molecule has 1 aromatic heterocycles. The minimum Gasteiger partial charge on any atom is -0.380 e. The van der Waals surface area contributed by atoms with Gasteiger partial charge < -0.3 is 10.5 Å². The monoisotopic (exact) mass is 279 g/mol. The van der Waals surface area contributed by atoms with Crippen LogP contribution < -0.4 is 5.73 Å². The lowest BCUT2D eigenvalue weighted by Gasteiger charge is -2.22. The Balaban J connectivity index is 1.91. The first kappa shape index (κ1) is 15.5. The molecule has 1 aromatic rings. The number of ether oxygens (including phenoxy) is 1. The second-order valence-electron chi connectivity index (χ2n) is 6.01. The molecule has 2 atom stereocenters. The van der Waals surface area contributed by atoms with E-state index in [1.54, 1.807) is 7.11 Å². The summed E-state index contributed by atoms with van der Waals surface area (Å²) in [6.45, 7) is 2.16. The van der Waals surface area contributed by atoms with E-state index >= 15 is 0 Å². The lowest BCUT2D eigenvalue weighted by molar-refractivity contribution is 0.0723. The Kier molecular flexibility index (Phi) is 6.05. The van der Waals surface area contributed by atoms with Crippen molar-refractivity contribution in [2.45, 2.75) is 76.5 Å². The minimum atomic E-state index is 0.0367. The molecule has 1 heterocycles. The van der Waals surface area contributed by atoms with Crippen molar-refractivity contribution in [2.24, 2.45) is 5.73 Å². The van der Waals surface area contributed by atoms with Gasteiger partial charge in [-0.2, -0.15) is 5.10 Å². The SMILES string of the molecule is CCCC(OC)C(N)Cc1ccn(C2CCCCC2)n1. The summed E-state index contributed by atoms with van der Waals surface area (Å²) >= 11 is 0. The lowest BCUT2D eigenvalue weighted by atomic mass is 9.96. The van der Waals surface area contributed by atoms with E-state index in [2.05, 4.69) is 23.9 Å². The van der Waals surface area contributed by atoms with Crippen molar-refractivity contribution < 1.29 is 4.74 Å². The molecule has 1 fully saturated rings. The molecule has 0 amide bonds. The first-order valence-electron chi connectivity index (χ1n) is 8.07. The highest BCUT2D eigenvalue weighted by atomic mass is 16.5. The van der Waals surface area contributed by atoms with E-state index < -0.39 is 0 Å². The van der Waals surface area contributed by atoms with Crippen LogP contribution in [0.5, 0.6) is 0 Å². The summed E-state index contributed by atoms with van der Waals surface area (Å²) < 4.78 is 7.64. The molecule has 2 N–H and O–H groups in total. The molecule has 4 nitrogen and oxygen atoms in total. The topological polar surface area (TPSA) is 53.1 Å². The molecule has 2 rings (SSSR count). The Labute approximate surface area is 122 Å². The van der Waals surface area contributed by atoms with Crippen LogP contribution in [0, 0.1) is 0 Å². The van der Waals surface area contributed by atoms with E-state index in [1.807, 2.05) is 0 Å². The second-order valence-corrected chi connectivity index (χ2v) is 6.01. The zero-order chi connectivity index (χ0) is 14.4. The molecule has 0 saturated heterocycles. The third kappa shape index (κ3) is 4.06. The van der Waals surface area contributed by atoms with Gasteiger partial charge >= 0.3 is 0 Å². The van der Waals surface area contributed by atoms with E-state index in [4.69, 9.17) is 15.6 Å². The van der Waals surface area contributed by atoms with Crippen LogP contribution in [-0.2, 0) is 11.2 Å². The average molecular weight is 279 g/mol. The van der Waals surface area contributed by atoms with Crippen molar-refractivity contribution >= 4 is 0 Å². The largest absolute Gasteiger partial charge is 0.380 e. The van der Waals surface area contributed by atoms with Crippen LogP contribution in [0.2, 0.25) is 0 Å². The zero-order valence-electron chi connectivity index (χ0n) is 12.9. The van der Waals surface area contributed by atoms with E-state index in [9.17, 15) is 0 Å². The number of aromatic nitrogens is 2. The van der Waals surface area contributed by atoms with Crippen LogP contribution in [0.25, 0.3) is 0 Å². The fourth-order valence-electron chi connectivity index (χ4n) is 3.20.